The lowest BCUT2D eigenvalue weighted by atomic mass is 9.77. The number of hydrogen-bond donors (Lipinski definition) is 10. The molecule has 0 bridgehead atoms. The van der Waals surface area contributed by atoms with Gasteiger partial charge in [0.15, 0.2) is 29.1 Å². The highest BCUT2D eigenvalue weighted by molar-refractivity contribution is 5.65. The smallest absolute Gasteiger partial charge is 0.157 e. The molecule has 4 aromatic rings. The number of benzene rings is 4. The van der Waals surface area contributed by atoms with E-state index in [0.29, 0.717) is 0 Å². The van der Waals surface area contributed by atoms with Crippen molar-refractivity contribution in [3.63, 3.8) is 0 Å². The molecule has 4 aromatic carbocycles. The third kappa shape index (κ3) is 4.24. The Morgan fingerprint density at radius 3 is 1.76 bits per heavy atom. The molecule has 0 aliphatic carbocycles. The second kappa shape index (κ2) is 9.72. The van der Waals surface area contributed by atoms with Crippen molar-refractivity contribution in [2.45, 2.75) is 36.8 Å². The fraction of sp³-hybridized carbons (Fsp3) is 0.200. The van der Waals surface area contributed by atoms with E-state index in [2.05, 4.69) is 0 Å². The minimum absolute atomic E-state index is 0.0312. The second-order valence-corrected chi connectivity index (χ2v) is 10.3. The van der Waals surface area contributed by atoms with Crippen LogP contribution in [0.1, 0.15) is 45.9 Å². The van der Waals surface area contributed by atoms with Crippen molar-refractivity contribution in [2.24, 2.45) is 0 Å². The predicted octanol–water partition coefficient (Wildman–Crippen LogP) is 3.00. The van der Waals surface area contributed by atoms with E-state index in [-0.39, 0.29) is 51.5 Å². The molecule has 10 N–H and O–H groups in total. The molecular formula is C30H26O12. The SMILES string of the molecule is Oc1cc(O)c2c(c1)O[C@H](c1ccc(O)c(O)c1)[C@H](O)[C@@H]2c1c(O)cc(O)c2c1O[C@@H](c1ccc(O)c(O)c1)[C@@H](O)C2. The van der Waals surface area contributed by atoms with Crippen LogP contribution in [-0.2, 0) is 6.42 Å². The fourth-order valence-electron chi connectivity index (χ4n) is 5.71. The van der Waals surface area contributed by atoms with E-state index in [0.717, 1.165) is 12.1 Å². The molecule has 42 heavy (non-hydrogen) atoms. The number of aliphatic hydroxyl groups is 2. The van der Waals surface area contributed by atoms with E-state index in [1.54, 1.807) is 0 Å². The van der Waals surface area contributed by atoms with Crippen LogP contribution in [0.3, 0.4) is 0 Å². The van der Waals surface area contributed by atoms with Gasteiger partial charge in [0.2, 0.25) is 0 Å². The van der Waals surface area contributed by atoms with E-state index in [1.807, 2.05) is 0 Å². The maximum Gasteiger partial charge on any atom is 0.157 e. The predicted molar refractivity (Wildman–Crippen MR) is 143 cm³/mol. The average molecular weight is 579 g/mol. The van der Waals surface area contributed by atoms with Gasteiger partial charge in [0.1, 0.15) is 46.7 Å². The first-order chi connectivity index (χ1) is 19.9. The summed E-state index contributed by atoms with van der Waals surface area (Å²) in [5.74, 6) is -5.08. The lowest BCUT2D eigenvalue weighted by molar-refractivity contribution is 0.00115. The van der Waals surface area contributed by atoms with Crippen LogP contribution in [0.2, 0.25) is 0 Å². The molecule has 0 amide bonds. The Hall–Kier alpha value is -5.20. The maximum atomic E-state index is 11.8. The molecular weight excluding hydrogens is 552 g/mol. The average Bonchev–Trinajstić information content (AvgIpc) is 2.93. The molecule has 218 valence electrons. The molecule has 12 heteroatoms. The Balaban J connectivity index is 1.55. The summed E-state index contributed by atoms with van der Waals surface area (Å²) in [5, 5.41) is 105. The summed E-state index contributed by atoms with van der Waals surface area (Å²) in [7, 11) is 0. The first-order valence-electron chi connectivity index (χ1n) is 12.8. The number of phenols is 8. The van der Waals surface area contributed by atoms with E-state index in [4.69, 9.17) is 9.47 Å². The van der Waals surface area contributed by atoms with E-state index >= 15 is 0 Å². The first kappa shape index (κ1) is 27.0. The normalized spacial score (nSPS) is 22.9. The molecule has 0 radical (unpaired) electrons. The summed E-state index contributed by atoms with van der Waals surface area (Å²) in [5.41, 5.74) is 0.435. The van der Waals surface area contributed by atoms with E-state index in [1.165, 1.54) is 42.5 Å². The summed E-state index contributed by atoms with van der Waals surface area (Å²) in [6.45, 7) is 0. The molecule has 0 saturated heterocycles. The molecule has 5 atom stereocenters. The Morgan fingerprint density at radius 2 is 1.14 bits per heavy atom. The second-order valence-electron chi connectivity index (χ2n) is 10.3. The Labute approximate surface area is 237 Å². The van der Waals surface area contributed by atoms with Crippen LogP contribution in [0.4, 0.5) is 0 Å². The Kier molecular flexibility index (Phi) is 6.24. The topological polar surface area (TPSA) is 221 Å². The molecule has 2 aliphatic rings. The van der Waals surface area contributed by atoms with Crippen LogP contribution < -0.4 is 9.47 Å². The van der Waals surface area contributed by atoms with Gasteiger partial charge in [-0.15, -0.1) is 0 Å². The fourth-order valence-corrected chi connectivity index (χ4v) is 5.71. The van der Waals surface area contributed by atoms with Crippen LogP contribution in [0.15, 0.2) is 54.6 Å². The lowest BCUT2D eigenvalue weighted by Crippen LogP contribution is -2.36. The number of aromatic hydroxyl groups is 8. The van der Waals surface area contributed by atoms with Crippen LogP contribution >= 0.6 is 0 Å². The Morgan fingerprint density at radius 1 is 0.548 bits per heavy atom. The van der Waals surface area contributed by atoms with Crippen molar-refractivity contribution in [3.8, 4) is 57.5 Å². The molecule has 12 nitrogen and oxygen atoms in total. The zero-order valence-electron chi connectivity index (χ0n) is 21.6. The number of fused-ring (bicyclic) bond motifs is 2. The van der Waals surface area contributed by atoms with Crippen molar-refractivity contribution in [3.05, 3.63) is 82.4 Å². The summed E-state index contributed by atoms with van der Waals surface area (Å²) >= 11 is 0. The third-order valence-electron chi connectivity index (χ3n) is 7.67. The van der Waals surface area contributed by atoms with Gasteiger partial charge in [-0.1, -0.05) is 12.1 Å². The molecule has 0 spiro atoms. The van der Waals surface area contributed by atoms with Crippen molar-refractivity contribution in [1.82, 2.24) is 0 Å². The molecule has 0 fully saturated rings. The van der Waals surface area contributed by atoms with Gasteiger partial charge >= 0.3 is 0 Å². The van der Waals surface area contributed by atoms with Gasteiger partial charge in [0.25, 0.3) is 0 Å². The van der Waals surface area contributed by atoms with Crippen molar-refractivity contribution >= 4 is 0 Å². The number of aliphatic hydroxyl groups excluding tert-OH is 2. The quantitative estimate of drug-likeness (QED) is 0.159. The van der Waals surface area contributed by atoms with Gasteiger partial charge in [-0.3, -0.25) is 0 Å². The number of hydrogen-bond acceptors (Lipinski definition) is 12. The monoisotopic (exact) mass is 578 g/mol. The third-order valence-corrected chi connectivity index (χ3v) is 7.67. The minimum atomic E-state index is -1.59. The highest BCUT2D eigenvalue weighted by Crippen LogP contribution is 2.57. The zero-order chi connectivity index (χ0) is 30.0. The lowest BCUT2D eigenvalue weighted by Gasteiger charge is -2.40. The van der Waals surface area contributed by atoms with Crippen LogP contribution in [-0.4, -0.2) is 63.3 Å². The number of rotatable bonds is 3. The highest BCUT2D eigenvalue weighted by Gasteiger charge is 2.46. The minimum Gasteiger partial charge on any atom is -0.508 e. The van der Waals surface area contributed by atoms with Crippen LogP contribution in [0, 0.1) is 0 Å². The van der Waals surface area contributed by atoms with E-state index in [9.17, 15) is 51.1 Å². The number of ether oxygens (including phenoxy) is 2. The summed E-state index contributed by atoms with van der Waals surface area (Å²) in [4.78, 5) is 0. The number of phenolic OH excluding ortho intramolecular Hbond substituents is 8. The van der Waals surface area contributed by atoms with Gasteiger partial charge in [0, 0.05) is 41.3 Å². The van der Waals surface area contributed by atoms with Gasteiger partial charge in [0.05, 0.1) is 12.0 Å². The highest BCUT2D eigenvalue weighted by atomic mass is 16.5. The summed E-state index contributed by atoms with van der Waals surface area (Å²) in [6.07, 6.45) is -5.43. The maximum absolute atomic E-state index is 11.8. The molecule has 0 aromatic heterocycles. The molecule has 2 aliphatic heterocycles. The van der Waals surface area contributed by atoms with Gasteiger partial charge in [-0.2, -0.15) is 0 Å². The molecule has 6 rings (SSSR count). The van der Waals surface area contributed by atoms with Crippen molar-refractivity contribution < 1.29 is 60.5 Å². The Bertz CT molecular complexity index is 1720. The summed E-state index contributed by atoms with van der Waals surface area (Å²) < 4.78 is 12.1. The largest absolute Gasteiger partial charge is 0.508 e. The molecule has 2 heterocycles. The van der Waals surface area contributed by atoms with Gasteiger partial charge < -0.3 is 60.5 Å². The molecule has 0 saturated carbocycles. The standard InChI is InChI=1S/C30H26O12/c31-13-7-20(37)24-23(8-13)41-29(12-2-4-16(33)19(36)6-12)27(40)26(24)25-21(38)10-17(34)14-9-22(39)28(42-30(14)25)11-1-3-15(32)18(35)5-11/h1-8,10,22,26-29,31-40H,9H2/t22-,26-,27+,28-,29+/m0/s1. The zero-order valence-corrected chi connectivity index (χ0v) is 21.6. The summed E-state index contributed by atoms with van der Waals surface area (Å²) in [6, 6.07) is 10.8. The van der Waals surface area contributed by atoms with Gasteiger partial charge in [-0.05, 0) is 35.4 Å². The van der Waals surface area contributed by atoms with Crippen molar-refractivity contribution in [2.75, 3.05) is 0 Å². The van der Waals surface area contributed by atoms with Crippen LogP contribution in [0.5, 0.6) is 57.5 Å². The molecule has 0 unspecified atom stereocenters. The first-order valence-corrected chi connectivity index (χ1v) is 12.8. The van der Waals surface area contributed by atoms with Crippen LogP contribution in [0.25, 0.3) is 0 Å². The van der Waals surface area contributed by atoms with Crippen molar-refractivity contribution in [1.29, 1.82) is 0 Å². The van der Waals surface area contributed by atoms with Gasteiger partial charge in [-0.25, -0.2) is 0 Å². The van der Waals surface area contributed by atoms with E-state index < -0.39 is 70.6 Å².